The lowest BCUT2D eigenvalue weighted by atomic mass is 9.91. The first-order valence-electron chi connectivity index (χ1n) is 14.5. The normalized spacial score (nSPS) is 19.5. The summed E-state index contributed by atoms with van der Waals surface area (Å²) in [5, 5.41) is 3.89. The number of aromatic amines is 1. The van der Waals surface area contributed by atoms with Crippen LogP contribution in [0.3, 0.4) is 0 Å². The third kappa shape index (κ3) is 6.53. The van der Waals surface area contributed by atoms with Gasteiger partial charge >= 0.3 is 18.1 Å². The van der Waals surface area contributed by atoms with E-state index in [-0.39, 0.29) is 32.5 Å². The second-order valence-corrected chi connectivity index (χ2v) is 12.1. The number of esters is 1. The molecule has 0 aliphatic carbocycles. The van der Waals surface area contributed by atoms with Crippen LogP contribution in [0.2, 0.25) is 0 Å². The Morgan fingerprint density at radius 2 is 1.75 bits per heavy atom. The summed E-state index contributed by atoms with van der Waals surface area (Å²) >= 11 is 0. The summed E-state index contributed by atoms with van der Waals surface area (Å²) in [4.78, 5) is 73.8. The van der Waals surface area contributed by atoms with Crippen LogP contribution in [0.4, 0.5) is 9.59 Å². The van der Waals surface area contributed by atoms with E-state index in [1.54, 1.807) is 20.8 Å². The third-order valence-corrected chi connectivity index (χ3v) is 7.83. The minimum atomic E-state index is -1.16. The number of para-hydroxylation sites is 1. The molecule has 5 amide bonds. The van der Waals surface area contributed by atoms with E-state index in [0.29, 0.717) is 0 Å². The summed E-state index contributed by atoms with van der Waals surface area (Å²) in [6.07, 6.45) is 1.14. The molecule has 12 nitrogen and oxygen atoms in total. The Morgan fingerprint density at radius 1 is 1.05 bits per heavy atom. The Labute approximate surface area is 255 Å². The Kier molecular flexibility index (Phi) is 8.61. The highest BCUT2D eigenvalue weighted by Gasteiger charge is 2.52. The highest BCUT2D eigenvalue weighted by atomic mass is 16.6. The van der Waals surface area contributed by atoms with Crippen molar-refractivity contribution in [3.63, 3.8) is 0 Å². The molecule has 2 aliphatic heterocycles. The maximum Gasteiger partial charge on any atom is 0.407 e. The first kappa shape index (κ1) is 30.6. The number of rotatable bonds is 8. The maximum atomic E-state index is 14.2. The third-order valence-electron chi connectivity index (χ3n) is 7.83. The fraction of sp³-hybridized carbons (Fsp3) is 0.406. The highest BCUT2D eigenvalue weighted by molar-refractivity contribution is 6.03. The van der Waals surface area contributed by atoms with E-state index in [1.807, 2.05) is 60.8 Å². The van der Waals surface area contributed by atoms with Gasteiger partial charge in [0.25, 0.3) is 0 Å². The van der Waals surface area contributed by atoms with Crippen LogP contribution in [0.15, 0.2) is 60.8 Å². The largest absolute Gasteiger partial charge is 0.468 e. The average Bonchev–Trinajstić information content (AvgIpc) is 3.38. The molecular formula is C32H37N5O7. The lowest BCUT2D eigenvalue weighted by Gasteiger charge is -2.51. The van der Waals surface area contributed by atoms with E-state index in [2.05, 4.69) is 10.3 Å². The number of urea groups is 1. The average molecular weight is 604 g/mol. The topological polar surface area (TPSA) is 141 Å². The van der Waals surface area contributed by atoms with Crippen LogP contribution < -0.4 is 5.32 Å². The second-order valence-electron chi connectivity index (χ2n) is 12.1. The molecule has 2 saturated heterocycles. The van der Waals surface area contributed by atoms with Crippen molar-refractivity contribution < 1.29 is 33.4 Å². The number of methoxy groups -OCH3 is 1. The molecule has 1 aromatic heterocycles. The molecule has 0 spiro atoms. The number of piperazine rings is 1. The molecule has 44 heavy (non-hydrogen) atoms. The summed E-state index contributed by atoms with van der Waals surface area (Å²) in [6, 6.07) is 13.4. The van der Waals surface area contributed by atoms with E-state index in [4.69, 9.17) is 9.47 Å². The molecule has 0 radical (unpaired) electrons. The molecule has 3 atom stereocenters. The number of hydrogen-bond donors (Lipinski definition) is 2. The number of imide groups is 1. The van der Waals surface area contributed by atoms with E-state index >= 15 is 0 Å². The Bertz CT molecular complexity index is 1560. The van der Waals surface area contributed by atoms with E-state index in [1.165, 1.54) is 16.9 Å². The molecule has 12 heteroatoms. The summed E-state index contributed by atoms with van der Waals surface area (Å²) in [7, 11) is 1.22. The molecule has 2 fully saturated rings. The van der Waals surface area contributed by atoms with Gasteiger partial charge in [-0.2, -0.15) is 0 Å². The van der Waals surface area contributed by atoms with Gasteiger partial charge in [-0.05, 0) is 44.4 Å². The van der Waals surface area contributed by atoms with Crippen LogP contribution in [0.1, 0.15) is 38.3 Å². The molecule has 3 aromatic rings. The fourth-order valence-electron chi connectivity index (χ4n) is 5.83. The van der Waals surface area contributed by atoms with E-state index in [9.17, 15) is 24.0 Å². The highest BCUT2D eigenvalue weighted by Crippen LogP contribution is 2.31. The second kappa shape index (κ2) is 12.4. The summed E-state index contributed by atoms with van der Waals surface area (Å²) < 4.78 is 10.4. The van der Waals surface area contributed by atoms with Crippen LogP contribution >= 0.6 is 0 Å². The zero-order valence-electron chi connectivity index (χ0n) is 25.2. The zero-order chi connectivity index (χ0) is 31.6. The van der Waals surface area contributed by atoms with Crippen molar-refractivity contribution in [3.8, 4) is 0 Å². The number of hydrogen-bond acceptors (Lipinski definition) is 7. The molecule has 0 saturated carbocycles. The first-order valence-corrected chi connectivity index (χ1v) is 14.5. The minimum absolute atomic E-state index is 0.0289. The number of ether oxygens (including phenoxy) is 2. The molecule has 3 heterocycles. The smallest absolute Gasteiger partial charge is 0.407 e. The number of aromatic nitrogens is 1. The summed E-state index contributed by atoms with van der Waals surface area (Å²) in [6.45, 7) is 4.83. The van der Waals surface area contributed by atoms with Crippen molar-refractivity contribution in [2.45, 2.75) is 63.9 Å². The van der Waals surface area contributed by atoms with Crippen molar-refractivity contribution in [2.24, 2.45) is 0 Å². The molecule has 232 valence electrons. The van der Waals surface area contributed by atoms with Gasteiger partial charge in [-0.3, -0.25) is 19.3 Å². The van der Waals surface area contributed by atoms with Gasteiger partial charge in [0.15, 0.2) is 0 Å². The zero-order valence-corrected chi connectivity index (χ0v) is 25.2. The monoisotopic (exact) mass is 603 g/mol. The van der Waals surface area contributed by atoms with Gasteiger partial charge in [0, 0.05) is 23.6 Å². The number of nitrogens with one attached hydrogen (secondary N) is 2. The number of amides is 5. The molecule has 2 aromatic carbocycles. The van der Waals surface area contributed by atoms with E-state index < -0.39 is 53.6 Å². The standard InChI is InChI=1S/C32H37N5O7/c1-32(2,3)44-30(41)34-24(14-21-16-33-23-13-9-8-12-22(21)23)26-18-35(19-28(39)43-4)29(40)25-15-27(38)36(31(42)37(25)26)17-20-10-6-5-7-11-20/h5-13,16,24-26,33H,14-15,17-19H2,1-4H3,(H,34,41)/t24-,25-,26-/m0/s1. The molecule has 5 rings (SSSR count). The fourth-order valence-corrected chi connectivity index (χ4v) is 5.83. The van der Waals surface area contributed by atoms with Gasteiger partial charge in [-0.1, -0.05) is 48.5 Å². The van der Waals surface area contributed by atoms with Crippen molar-refractivity contribution in [1.82, 2.24) is 25.0 Å². The van der Waals surface area contributed by atoms with Gasteiger partial charge < -0.3 is 29.6 Å². The van der Waals surface area contributed by atoms with Gasteiger partial charge in [-0.15, -0.1) is 0 Å². The summed E-state index contributed by atoms with van der Waals surface area (Å²) in [5.74, 6) is -1.67. The van der Waals surface area contributed by atoms with Crippen LogP contribution in [0, 0.1) is 0 Å². The predicted molar refractivity (Wildman–Crippen MR) is 160 cm³/mol. The van der Waals surface area contributed by atoms with Crippen LogP contribution in [0.5, 0.6) is 0 Å². The van der Waals surface area contributed by atoms with Crippen LogP contribution in [0.25, 0.3) is 10.9 Å². The Morgan fingerprint density at radius 3 is 2.45 bits per heavy atom. The number of alkyl carbamates (subject to hydrolysis) is 1. The number of nitrogens with zero attached hydrogens (tertiary/aromatic N) is 3. The van der Waals surface area contributed by atoms with Crippen LogP contribution in [-0.4, -0.2) is 93.5 Å². The number of benzene rings is 2. The molecule has 2 N–H and O–H groups in total. The van der Waals surface area contributed by atoms with Crippen molar-refractivity contribution in [2.75, 3.05) is 20.2 Å². The summed E-state index contributed by atoms with van der Waals surface area (Å²) in [5.41, 5.74) is 1.73. The number of H-pyrrole nitrogens is 1. The van der Waals surface area contributed by atoms with Gasteiger partial charge in [0.05, 0.1) is 32.2 Å². The van der Waals surface area contributed by atoms with Crippen molar-refractivity contribution in [1.29, 1.82) is 0 Å². The molecular weight excluding hydrogens is 566 g/mol. The number of carbonyl (C=O) groups is 5. The number of carbonyl (C=O) groups excluding carboxylic acids is 5. The van der Waals surface area contributed by atoms with Gasteiger partial charge in [-0.25, -0.2) is 9.59 Å². The van der Waals surface area contributed by atoms with Crippen molar-refractivity contribution in [3.05, 3.63) is 71.9 Å². The lowest BCUT2D eigenvalue weighted by Crippen LogP contribution is -2.73. The lowest BCUT2D eigenvalue weighted by molar-refractivity contribution is -0.157. The first-order chi connectivity index (χ1) is 20.9. The van der Waals surface area contributed by atoms with Gasteiger partial charge in [0.1, 0.15) is 18.2 Å². The van der Waals surface area contributed by atoms with E-state index in [0.717, 1.165) is 26.9 Å². The van der Waals surface area contributed by atoms with Crippen molar-refractivity contribution >= 4 is 40.8 Å². The molecule has 0 bridgehead atoms. The Balaban J connectivity index is 1.55. The molecule has 2 aliphatic rings. The van der Waals surface area contributed by atoms with Crippen LogP contribution in [-0.2, 0) is 36.8 Å². The SMILES string of the molecule is COC(=O)CN1C[C@@H]([C@H](Cc2c[nH]c3ccccc23)NC(=O)OC(C)(C)C)N2C(=O)N(Cc3ccccc3)C(=O)C[C@H]2C1=O. The quantitative estimate of drug-likeness (QED) is 0.377. The van der Waals surface area contributed by atoms with Gasteiger partial charge in [0.2, 0.25) is 11.8 Å². The molecule has 0 unspecified atom stereocenters. The minimum Gasteiger partial charge on any atom is -0.468 e. The Hall–Kier alpha value is -4.87. The predicted octanol–water partition coefficient (Wildman–Crippen LogP) is 3.21. The number of fused-ring (bicyclic) bond motifs is 2. The maximum absolute atomic E-state index is 14.2.